The molecule has 1 aromatic rings. The van der Waals surface area contributed by atoms with E-state index in [0.29, 0.717) is 5.56 Å². The lowest BCUT2D eigenvalue weighted by molar-refractivity contribution is -0.345. The molecule has 0 spiro atoms. The summed E-state index contributed by atoms with van der Waals surface area (Å²) in [5, 5.41) is 1.77. The van der Waals surface area contributed by atoms with E-state index < -0.39 is 36.2 Å². The number of halogens is 7. The standard InChI is InChI=1S/C15H14F7NO2/c1-2-25-12(24)8-11(23-9-10-6-4-3-5-7-10)13(16,17)14(18,19)15(20,21)22/h3-8,23H,2,9H2,1H3/b11-8-. The number of hydrogen-bond donors (Lipinski definition) is 1. The molecule has 0 fully saturated rings. The molecule has 140 valence electrons. The van der Waals surface area contributed by atoms with Crippen LogP contribution in [-0.2, 0) is 16.1 Å². The van der Waals surface area contributed by atoms with E-state index in [4.69, 9.17) is 0 Å². The van der Waals surface area contributed by atoms with Crippen LogP contribution in [0.4, 0.5) is 30.7 Å². The minimum Gasteiger partial charge on any atom is -0.463 e. The first-order chi connectivity index (χ1) is 11.4. The first-order valence-corrected chi connectivity index (χ1v) is 6.92. The summed E-state index contributed by atoms with van der Waals surface area (Å²) < 4.78 is 95.5. The zero-order valence-corrected chi connectivity index (χ0v) is 12.8. The van der Waals surface area contributed by atoms with Crippen LogP contribution in [0.1, 0.15) is 12.5 Å². The van der Waals surface area contributed by atoms with Crippen molar-refractivity contribution in [2.75, 3.05) is 6.61 Å². The number of alkyl halides is 7. The lowest BCUT2D eigenvalue weighted by Gasteiger charge is -2.30. The van der Waals surface area contributed by atoms with Crippen LogP contribution in [0.3, 0.4) is 0 Å². The Morgan fingerprint density at radius 2 is 1.64 bits per heavy atom. The molecule has 1 aromatic carbocycles. The van der Waals surface area contributed by atoms with Crippen molar-refractivity contribution in [3.8, 4) is 0 Å². The third kappa shape index (κ3) is 4.86. The Hall–Kier alpha value is -2.26. The van der Waals surface area contributed by atoms with E-state index in [1.54, 1.807) is 11.4 Å². The number of rotatable bonds is 7. The zero-order chi connectivity index (χ0) is 19.3. The van der Waals surface area contributed by atoms with Gasteiger partial charge in [0.25, 0.3) is 0 Å². The van der Waals surface area contributed by atoms with Gasteiger partial charge < -0.3 is 10.1 Å². The second kappa shape index (κ2) is 7.75. The maximum Gasteiger partial charge on any atom is 0.460 e. The van der Waals surface area contributed by atoms with Gasteiger partial charge in [0.2, 0.25) is 0 Å². The van der Waals surface area contributed by atoms with Gasteiger partial charge in [-0.2, -0.15) is 30.7 Å². The van der Waals surface area contributed by atoms with Crippen LogP contribution in [0.25, 0.3) is 0 Å². The Morgan fingerprint density at radius 3 is 2.12 bits per heavy atom. The van der Waals surface area contributed by atoms with Crippen molar-refractivity contribution < 1.29 is 40.3 Å². The van der Waals surface area contributed by atoms with Crippen molar-refractivity contribution >= 4 is 5.97 Å². The minimum absolute atomic E-state index is 0.105. The molecule has 0 aliphatic carbocycles. The predicted molar refractivity (Wildman–Crippen MR) is 73.9 cm³/mol. The molecule has 0 aliphatic heterocycles. The topological polar surface area (TPSA) is 38.3 Å². The molecular formula is C15H14F7NO2. The first kappa shape index (κ1) is 20.8. The Morgan fingerprint density at radius 1 is 1.08 bits per heavy atom. The molecule has 0 heterocycles. The minimum atomic E-state index is -6.52. The molecule has 10 heteroatoms. The van der Waals surface area contributed by atoms with Gasteiger partial charge in [-0.05, 0) is 12.5 Å². The number of hydrogen-bond acceptors (Lipinski definition) is 3. The quantitative estimate of drug-likeness (QED) is 0.445. The van der Waals surface area contributed by atoms with Crippen LogP contribution in [0, 0.1) is 0 Å². The summed E-state index contributed by atoms with van der Waals surface area (Å²) in [6.07, 6.45) is -6.62. The lowest BCUT2D eigenvalue weighted by Crippen LogP contribution is -2.55. The highest BCUT2D eigenvalue weighted by Crippen LogP contribution is 2.49. The van der Waals surface area contributed by atoms with Crippen molar-refractivity contribution in [2.24, 2.45) is 0 Å². The fourth-order valence-electron chi connectivity index (χ4n) is 1.69. The summed E-state index contributed by atoms with van der Waals surface area (Å²) >= 11 is 0. The van der Waals surface area contributed by atoms with Crippen molar-refractivity contribution in [3.05, 3.63) is 47.7 Å². The fraction of sp³-hybridized carbons (Fsp3) is 0.400. The summed E-state index contributed by atoms with van der Waals surface area (Å²) in [7, 11) is 0. The maximum atomic E-state index is 13.9. The van der Waals surface area contributed by atoms with E-state index in [0.717, 1.165) is 0 Å². The molecule has 0 aromatic heterocycles. The molecule has 0 aliphatic rings. The summed E-state index contributed by atoms with van der Waals surface area (Å²) in [6, 6.07) is 7.46. The van der Waals surface area contributed by atoms with E-state index >= 15 is 0 Å². The SMILES string of the molecule is CCOC(=O)/C=C(\NCc1ccccc1)C(F)(F)C(F)(F)C(F)(F)F. The Kier molecular flexibility index (Phi) is 6.44. The molecular weight excluding hydrogens is 359 g/mol. The van der Waals surface area contributed by atoms with Crippen LogP contribution < -0.4 is 5.32 Å². The third-order valence-electron chi connectivity index (χ3n) is 2.96. The van der Waals surface area contributed by atoms with Gasteiger partial charge in [0.1, 0.15) is 0 Å². The largest absolute Gasteiger partial charge is 0.463 e. The molecule has 0 radical (unpaired) electrons. The van der Waals surface area contributed by atoms with E-state index in [1.807, 2.05) is 0 Å². The molecule has 0 amide bonds. The fourth-order valence-corrected chi connectivity index (χ4v) is 1.69. The average molecular weight is 373 g/mol. The van der Waals surface area contributed by atoms with Gasteiger partial charge in [-0.1, -0.05) is 30.3 Å². The molecule has 3 nitrogen and oxygen atoms in total. The van der Waals surface area contributed by atoms with Crippen LogP contribution >= 0.6 is 0 Å². The normalized spacial score (nSPS) is 13.5. The summed E-state index contributed by atoms with van der Waals surface area (Å²) in [6.45, 7) is 0.531. The number of allylic oxidation sites excluding steroid dienone is 1. The third-order valence-corrected chi connectivity index (χ3v) is 2.96. The number of carbonyl (C=O) groups is 1. The van der Waals surface area contributed by atoms with Gasteiger partial charge in [0.15, 0.2) is 0 Å². The Balaban J connectivity index is 3.19. The first-order valence-electron chi connectivity index (χ1n) is 6.92. The van der Waals surface area contributed by atoms with Gasteiger partial charge in [0.05, 0.1) is 12.3 Å². The van der Waals surface area contributed by atoms with Crippen LogP contribution in [0.15, 0.2) is 42.1 Å². The average Bonchev–Trinajstić information content (AvgIpc) is 2.51. The van der Waals surface area contributed by atoms with Crippen LogP contribution in [0.2, 0.25) is 0 Å². The summed E-state index contributed by atoms with van der Waals surface area (Å²) in [5.41, 5.74) is -1.57. The molecule has 25 heavy (non-hydrogen) atoms. The van der Waals surface area contributed by atoms with Gasteiger partial charge in [0, 0.05) is 12.6 Å². The molecule has 0 unspecified atom stereocenters. The molecule has 0 saturated heterocycles. The number of esters is 1. The highest BCUT2D eigenvalue weighted by atomic mass is 19.4. The van der Waals surface area contributed by atoms with Crippen molar-refractivity contribution in [1.29, 1.82) is 0 Å². The highest BCUT2D eigenvalue weighted by Gasteiger charge is 2.74. The van der Waals surface area contributed by atoms with Gasteiger partial charge >= 0.3 is 24.0 Å². The monoisotopic (exact) mass is 373 g/mol. The van der Waals surface area contributed by atoms with E-state index in [9.17, 15) is 35.5 Å². The summed E-state index contributed by atoms with van der Waals surface area (Å²) in [4.78, 5) is 11.3. The molecule has 0 bridgehead atoms. The second-order valence-corrected chi connectivity index (χ2v) is 4.80. The van der Waals surface area contributed by atoms with E-state index in [2.05, 4.69) is 4.74 Å². The van der Waals surface area contributed by atoms with Crippen molar-refractivity contribution in [1.82, 2.24) is 5.32 Å². The van der Waals surface area contributed by atoms with Crippen molar-refractivity contribution in [3.63, 3.8) is 0 Å². The number of benzene rings is 1. The van der Waals surface area contributed by atoms with Gasteiger partial charge in [-0.3, -0.25) is 0 Å². The molecule has 1 rings (SSSR count). The number of ether oxygens (including phenoxy) is 1. The smallest absolute Gasteiger partial charge is 0.460 e. The summed E-state index contributed by atoms with van der Waals surface area (Å²) in [5.74, 6) is -13.6. The Labute approximate surface area is 138 Å². The molecule has 1 N–H and O–H groups in total. The number of carbonyl (C=O) groups excluding carboxylic acids is 1. The molecule has 0 atom stereocenters. The zero-order valence-electron chi connectivity index (χ0n) is 12.8. The van der Waals surface area contributed by atoms with Gasteiger partial charge in [-0.15, -0.1) is 0 Å². The highest BCUT2D eigenvalue weighted by molar-refractivity contribution is 5.83. The van der Waals surface area contributed by atoms with E-state index in [1.165, 1.54) is 31.2 Å². The second-order valence-electron chi connectivity index (χ2n) is 4.80. The van der Waals surface area contributed by atoms with Gasteiger partial charge in [-0.25, -0.2) is 4.79 Å². The number of nitrogens with one attached hydrogen (secondary N) is 1. The molecule has 0 saturated carbocycles. The lowest BCUT2D eigenvalue weighted by atomic mass is 10.1. The van der Waals surface area contributed by atoms with Crippen LogP contribution in [0.5, 0.6) is 0 Å². The maximum absolute atomic E-state index is 13.9. The van der Waals surface area contributed by atoms with Crippen LogP contribution in [-0.4, -0.2) is 30.6 Å². The van der Waals surface area contributed by atoms with Crippen molar-refractivity contribution in [2.45, 2.75) is 31.5 Å². The van der Waals surface area contributed by atoms with E-state index in [-0.39, 0.29) is 12.7 Å². The predicted octanol–water partition coefficient (Wildman–Crippen LogP) is 4.06. The Bertz CT molecular complexity index is 612.